The summed E-state index contributed by atoms with van der Waals surface area (Å²) in [6.07, 6.45) is 3.32. The Kier molecular flexibility index (Phi) is 9.53. The number of fused-ring (bicyclic) bond motifs is 3. The molecular formula is C33H39ClFN7O2. The topological polar surface area (TPSA) is 87.5 Å². The Labute approximate surface area is 262 Å². The van der Waals surface area contributed by atoms with Crippen LogP contribution in [0.2, 0.25) is 5.02 Å². The summed E-state index contributed by atoms with van der Waals surface area (Å²) in [6.45, 7) is 11.0. The van der Waals surface area contributed by atoms with Gasteiger partial charge in [0.05, 0.1) is 42.0 Å². The van der Waals surface area contributed by atoms with Crippen molar-refractivity contribution in [1.82, 2.24) is 19.4 Å². The van der Waals surface area contributed by atoms with Crippen LogP contribution in [0, 0.1) is 5.82 Å². The maximum absolute atomic E-state index is 15.5. The van der Waals surface area contributed by atoms with Crippen molar-refractivity contribution in [3.05, 3.63) is 71.3 Å². The van der Waals surface area contributed by atoms with E-state index < -0.39 is 5.82 Å². The number of nitrogens with one attached hydrogen (secondary N) is 2. The third-order valence-electron chi connectivity index (χ3n) is 8.11. The van der Waals surface area contributed by atoms with Gasteiger partial charge in [-0.05, 0) is 62.3 Å². The van der Waals surface area contributed by atoms with E-state index in [2.05, 4.69) is 56.5 Å². The number of hydrogen-bond donors (Lipinski definition) is 2. The van der Waals surface area contributed by atoms with Crippen molar-refractivity contribution in [2.24, 2.45) is 0 Å². The molecule has 232 valence electrons. The number of rotatable bonds is 11. The first-order chi connectivity index (χ1) is 21.1. The lowest BCUT2D eigenvalue weighted by atomic mass is 9.95. The molecule has 1 atom stereocenters. The van der Waals surface area contributed by atoms with E-state index in [0.717, 1.165) is 53.0 Å². The van der Waals surface area contributed by atoms with Crippen molar-refractivity contribution in [2.45, 2.75) is 39.3 Å². The van der Waals surface area contributed by atoms with Crippen molar-refractivity contribution in [2.75, 3.05) is 56.4 Å². The van der Waals surface area contributed by atoms with Gasteiger partial charge in [-0.2, -0.15) is 0 Å². The minimum atomic E-state index is -0.537. The van der Waals surface area contributed by atoms with E-state index in [1.54, 1.807) is 6.07 Å². The van der Waals surface area contributed by atoms with Crippen LogP contribution < -0.4 is 15.5 Å². The van der Waals surface area contributed by atoms with Crippen molar-refractivity contribution in [3.8, 4) is 11.3 Å². The van der Waals surface area contributed by atoms with E-state index in [1.807, 2.05) is 39.3 Å². The van der Waals surface area contributed by atoms with E-state index in [4.69, 9.17) is 21.3 Å². The highest BCUT2D eigenvalue weighted by molar-refractivity contribution is 6.31. The molecule has 11 heteroatoms. The molecule has 0 bridgehead atoms. The predicted molar refractivity (Wildman–Crippen MR) is 177 cm³/mol. The first-order valence-corrected chi connectivity index (χ1v) is 15.1. The minimum Gasteiger partial charge on any atom is -0.373 e. The van der Waals surface area contributed by atoms with Crippen LogP contribution >= 0.6 is 11.6 Å². The van der Waals surface area contributed by atoms with Crippen LogP contribution in [0.3, 0.4) is 0 Å². The van der Waals surface area contributed by atoms with Crippen molar-refractivity contribution in [1.29, 1.82) is 0 Å². The third-order valence-corrected chi connectivity index (χ3v) is 8.34. The number of ether oxygens (including phenoxy) is 1. The summed E-state index contributed by atoms with van der Waals surface area (Å²) in [7, 11) is 6.06. The first kappa shape index (κ1) is 31.4. The second-order valence-electron chi connectivity index (χ2n) is 11.4. The van der Waals surface area contributed by atoms with E-state index >= 15 is 4.39 Å². The molecule has 9 nitrogen and oxygen atoms in total. The SMILES string of the molecule is C=CC(=O)Nc1cc(Nc2ncc(F)c(-c3c4n(c5cc(Cl)ccc35)CCOC4)n2)c(C(C)CC)cc1N(C)CCN(C)C. The highest BCUT2D eigenvalue weighted by Crippen LogP contribution is 2.40. The monoisotopic (exact) mass is 619 g/mol. The highest BCUT2D eigenvalue weighted by Gasteiger charge is 2.26. The van der Waals surface area contributed by atoms with Gasteiger partial charge < -0.3 is 29.7 Å². The number of carbonyl (C=O) groups excluding carboxylic acids is 1. The molecule has 1 aliphatic heterocycles. The zero-order valence-corrected chi connectivity index (χ0v) is 26.6. The normalized spacial score (nSPS) is 13.5. The number of hydrogen-bond acceptors (Lipinski definition) is 7. The summed E-state index contributed by atoms with van der Waals surface area (Å²) in [6, 6.07) is 9.57. The fourth-order valence-electron chi connectivity index (χ4n) is 5.50. The zero-order valence-electron chi connectivity index (χ0n) is 25.9. The molecule has 44 heavy (non-hydrogen) atoms. The van der Waals surface area contributed by atoms with Gasteiger partial charge in [-0.25, -0.2) is 14.4 Å². The summed E-state index contributed by atoms with van der Waals surface area (Å²) in [5.74, 6) is -0.445. The fraction of sp³-hybridized carbons (Fsp3) is 0.364. The molecule has 5 rings (SSSR count). The van der Waals surface area contributed by atoms with Gasteiger partial charge in [0.25, 0.3) is 0 Å². The lowest BCUT2D eigenvalue weighted by molar-refractivity contribution is -0.111. The van der Waals surface area contributed by atoms with E-state index in [0.29, 0.717) is 36.0 Å². The highest BCUT2D eigenvalue weighted by atomic mass is 35.5. The molecule has 1 amide bonds. The second kappa shape index (κ2) is 13.3. The molecule has 3 heterocycles. The molecule has 0 fully saturated rings. The van der Waals surface area contributed by atoms with Gasteiger partial charge in [-0.15, -0.1) is 0 Å². The van der Waals surface area contributed by atoms with Crippen LogP contribution in [0.1, 0.15) is 37.4 Å². The lowest BCUT2D eigenvalue weighted by Crippen LogP contribution is -2.29. The van der Waals surface area contributed by atoms with Gasteiger partial charge >= 0.3 is 0 Å². The summed E-state index contributed by atoms with van der Waals surface area (Å²) in [5, 5.41) is 7.76. The average molecular weight is 620 g/mol. The Bertz CT molecular complexity index is 1700. The van der Waals surface area contributed by atoms with E-state index in [1.165, 1.54) is 12.3 Å². The number of benzene rings is 2. The molecular weight excluding hydrogens is 581 g/mol. The smallest absolute Gasteiger partial charge is 0.247 e. The Balaban J connectivity index is 1.61. The molecule has 4 aromatic rings. The van der Waals surface area contributed by atoms with Gasteiger partial charge in [-0.1, -0.05) is 38.1 Å². The zero-order chi connectivity index (χ0) is 31.5. The number of likely N-dealkylation sites (N-methyl/N-ethyl adjacent to an activating group) is 2. The first-order valence-electron chi connectivity index (χ1n) is 14.8. The minimum absolute atomic E-state index is 0.173. The number of anilines is 4. The number of nitrogens with zero attached hydrogens (tertiary/aromatic N) is 5. The number of amides is 1. The Hall–Kier alpha value is -3.99. The van der Waals surface area contributed by atoms with Crippen LogP contribution in [-0.2, 0) is 22.7 Å². The maximum Gasteiger partial charge on any atom is 0.247 e. The average Bonchev–Trinajstić information content (AvgIpc) is 3.33. The molecule has 0 saturated carbocycles. The van der Waals surface area contributed by atoms with E-state index in [9.17, 15) is 4.79 Å². The quantitative estimate of drug-likeness (QED) is 0.179. The summed E-state index contributed by atoms with van der Waals surface area (Å²) in [5.41, 5.74) is 5.85. The number of carbonyl (C=O) groups is 1. The standard InChI is InChI=1S/C33H39ClFN7O2/c1-7-20(3)23-16-28(41(6)12-11-40(4)5)26(37-30(43)8-2)17-25(23)38-33-36-18-24(35)32(39-33)31-22-10-9-21(34)15-27(22)42-13-14-44-19-29(31)42/h8-10,15-18,20H,2,7,11-14,19H2,1,3-6H3,(H,37,43)(H,36,38,39). The van der Waals surface area contributed by atoms with Gasteiger partial charge in [0.15, 0.2) is 5.82 Å². The molecule has 0 spiro atoms. The van der Waals surface area contributed by atoms with Crippen LogP contribution in [-0.4, -0.2) is 66.2 Å². The van der Waals surface area contributed by atoms with E-state index in [-0.39, 0.29) is 23.5 Å². The maximum atomic E-state index is 15.5. The lowest BCUT2D eigenvalue weighted by Gasteiger charge is -2.27. The third kappa shape index (κ3) is 6.43. The van der Waals surface area contributed by atoms with Crippen molar-refractivity contribution in [3.63, 3.8) is 0 Å². The molecule has 1 aliphatic rings. The van der Waals surface area contributed by atoms with Gasteiger partial charge in [0.2, 0.25) is 11.9 Å². The van der Waals surface area contributed by atoms with Crippen LogP contribution in [0.25, 0.3) is 22.2 Å². The van der Waals surface area contributed by atoms with Gasteiger partial charge in [0.1, 0.15) is 5.69 Å². The number of halogens is 2. The summed E-state index contributed by atoms with van der Waals surface area (Å²) < 4.78 is 23.4. The van der Waals surface area contributed by atoms with Crippen LogP contribution in [0.5, 0.6) is 0 Å². The molecule has 1 unspecified atom stereocenters. The van der Waals surface area contributed by atoms with Crippen LogP contribution in [0.4, 0.5) is 27.4 Å². The van der Waals surface area contributed by atoms with Gasteiger partial charge in [0, 0.05) is 48.3 Å². The van der Waals surface area contributed by atoms with Crippen molar-refractivity contribution >= 4 is 51.4 Å². The summed E-state index contributed by atoms with van der Waals surface area (Å²) >= 11 is 6.34. The molecule has 2 N–H and O–H groups in total. The number of aromatic nitrogens is 3. The Morgan fingerprint density at radius 3 is 2.75 bits per heavy atom. The molecule has 2 aromatic heterocycles. The molecule has 0 radical (unpaired) electrons. The fourth-order valence-corrected chi connectivity index (χ4v) is 5.67. The van der Waals surface area contributed by atoms with Crippen molar-refractivity contribution < 1.29 is 13.9 Å². The van der Waals surface area contributed by atoms with Gasteiger partial charge in [-0.3, -0.25) is 4.79 Å². The summed E-state index contributed by atoms with van der Waals surface area (Å²) in [4.78, 5) is 25.7. The molecule has 2 aromatic carbocycles. The Morgan fingerprint density at radius 1 is 1.23 bits per heavy atom. The largest absolute Gasteiger partial charge is 0.373 e. The van der Waals surface area contributed by atoms with Crippen LogP contribution in [0.15, 0.2) is 49.2 Å². The predicted octanol–water partition coefficient (Wildman–Crippen LogP) is 6.80. The molecule has 0 saturated heterocycles. The second-order valence-corrected chi connectivity index (χ2v) is 11.8. The molecule has 0 aliphatic carbocycles. The Morgan fingerprint density at radius 2 is 2.02 bits per heavy atom.